The molecule has 1 aromatic rings. The predicted octanol–water partition coefficient (Wildman–Crippen LogP) is 1.75. The molecule has 0 radical (unpaired) electrons. The van der Waals surface area contributed by atoms with E-state index in [-0.39, 0.29) is 17.4 Å². The summed E-state index contributed by atoms with van der Waals surface area (Å²) in [7, 11) is 0. The van der Waals surface area contributed by atoms with Crippen LogP contribution in [-0.2, 0) is 9.53 Å². The lowest BCUT2D eigenvalue weighted by Crippen LogP contribution is -2.14. The number of carbonyl (C=O) groups excluding carboxylic acids is 1. The molecule has 0 bridgehead atoms. The van der Waals surface area contributed by atoms with Crippen molar-refractivity contribution in [2.45, 2.75) is 6.92 Å². The second-order valence-corrected chi connectivity index (χ2v) is 3.53. The summed E-state index contributed by atoms with van der Waals surface area (Å²) in [6, 6.07) is 2.86. The van der Waals surface area contributed by atoms with Gasteiger partial charge in [0.05, 0.1) is 6.61 Å². The molecule has 0 unspecified atom stereocenters. The third-order valence-electron chi connectivity index (χ3n) is 1.40. The van der Waals surface area contributed by atoms with Gasteiger partial charge < -0.3 is 10.5 Å². The highest BCUT2D eigenvalue weighted by Crippen LogP contribution is 2.16. The van der Waals surface area contributed by atoms with Gasteiger partial charge in [-0.3, -0.25) is 0 Å². The number of hydrogen-bond donors (Lipinski definition) is 1. The number of halogens is 1. The van der Waals surface area contributed by atoms with Crippen LogP contribution in [0.5, 0.6) is 0 Å². The summed E-state index contributed by atoms with van der Waals surface area (Å²) < 4.78 is 17.2. The van der Waals surface area contributed by atoms with Gasteiger partial charge in [0.1, 0.15) is 5.70 Å². The molecule has 1 rings (SSSR count). The summed E-state index contributed by atoms with van der Waals surface area (Å²) in [5.74, 6) is -0.582. The maximum Gasteiger partial charge on any atom is 0.354 e. The van der Waals surface area contributed by atoms with Crippen molar-refractivity contribution < 1.29 is 13.9 Å². The van der Waals surface area contributed by atoms with Crippen LogP contribution in [0.25, 0.3) is 6.08 Å². The van der Waals surface area contributed by atoms with Crippen molar-refractivity contribution in [3.63, 3.8) is 0 Å². The standard InChI is InChI=1S/C9H10FNO2S/c1-2-13-9(12)7(11)5-6-3-4-8(10)14-6/h3-5H,2,11H2,1H3/b7-5-. The first-order valence-electron chi connectivity index (χ1n) is 4.03. The van der Waals surface area contributed by atoms with Gasteiger partial charge in [-0.05, 0) is 25.1 Å². The van der Waals surface area contributed by atoms with Gasteiger partial charge >= 0.3 is 5.97 Å². The van der Waals surface area contributed by atoms with E-state index in [9.17, 15) is 9.18 Å². The molecular weight excluding hydrogens is 205 g/mol. The topological polar surface area (TPSA) is 52.3 Å². The Morgan fingerprint density at radius 3 is 2.93 bits per heavy atom. The number of esters is 1. The molecule has 0 aliphatic rings. The highest BCUT2D eigenvalue weighted by atomic mass is 32.1. The van der Waals surface area contributed by atoms with Crippen molar-refractivity contribution in [2.24, 2.45) is 5.73 Å². The molecule has 76 valence electrons. The maximum absolute atomic E-state index is 12.6. The van der Waals surface area contributed by atoms with Crippen molar-refractivity contribution in [1.82, 2.24) is 0 Å². The summed E-state index contributed by atoms with van der Waals surface area (Å²) in [5.41, 5.74) is 5.40. The first-order valence-corrected chi connectivity index (χ1v) is 4.84. The van der Waals surface area contributed by atoms with Crippen molar-refractivity contribution >= 4 is 23.4 Å². The molecule has 0 aliphatic heterocycles. The predicted molar refractivity (Wildman–Crippen MR) is 53.1 cm³/mol. The maximum atomic E-state index is 12.6. The average molecular weight is 215 g/mol. The molecule has 0 saturated heterocycles. The van der Waals surface area contributed by atoms with Crippen LogP contribution < -0.4 is 5.73 Å². The van der Waals surface area contributed by atoms with Gasteiger partial charge in [0.25, 0.3) is 0 Å². The van der Waals surface area contributed by atoms with E-state index in [1.165, 1.54) is 12.1 Å². The van der Waals surface area contributed by atoms with E-state index in [0.29, 0.717) is 4.88 Å². The Kier molecular flexibility index (Phi) is 3.64. The Bertz CT molecular complexity index is 359. The molecule has 2 N–H and O–H groups in total. The number of thiophene rings is 1. The first-order chi connectivity index (χ1) is 6.63. The van der Waals surface area contributed by atoms with Crippen LogP contribution in [0.2, 0.25) is 0 Å². The molecule has 5 heteroatoms. The fourth-order valence-corrected chi connectivity index (χ4v) is 1.52. The van der Waals surface area contributed by atoms with Crippen LogP contribution in [0.15, 0.2) is 17.8 Å². The molecule has 1 heterocycles. The smallest absolute Gasteiger partial charge is 0.354 e. The van der Waals surface area contributed by atoms with E-state index >= 15 is 0 Å². The molecule has 3 nitrogen and oxygen atoms in total. The molecule has 0 amide bonds. The zero-order valence-electron chi connectivity index (χ0n) is 7.62. The third-order valence-corrected chi connectivity index (χ3v) is 2.22. The number of carbonyl (C=O) groups is 1. The van der Waals surface area contributed by atoms with Crippen LogP contribution in [0.4, 0.5) is 4.39 Å². The number of hydrogen-bond acceptors (Lipinski definition) is 4. The SMILES string of the molecule is CCOC(=O)/C(N)=C/c1ccc(F)s1. The normalized spacial score (nSPS) is 11.4. The fourth-order valence-electron chi connectivity index (χ4n) is 0.832. The summed E-state index contributed by atoms with van der Waals surface area (Å²) >= 11 is 0.921. The number of rotatable bonds is 3. The van der Waals surface area contributed by atoms with Gasteiger partial charge in [-0.1, -0.05) is 0 Å². The zero-order chi connectivity index (χ0) is 10.6. The van der Waals surface area contributed by atoms with E-state index in [0.717, 1.165) is 11.3 Å². The Balaban J connectivity index is 2.73. The van der Waals surface area contributed by atoms with Crippen LogP contribution in [0, 0.1) is 5.13 Å². The highest BCUT2D eigenvalue weighted by molar-refractivity contribution is 7.11. The first kappa shape index (κ1) is 10.7. The number of nitrogens with two attached hydrogens (primary N) is 1. The quantitative estimate of drug-likeness (QED) is 0.617. The van der Waals surface area contributed by atoms with Crippen molar-refractivity contribution in [3.05, 3.63) is 27.8 Å². The Labute approximate surface area is 85.0 Å². The van der Waals surface area contributed by atoms with Gasteiger partial charge in [0.2, 0.25) is 0 Å². The van der Waals surface area contributed by atoms with Crippen LogP contribution >= 0.6 is 11.3 Å². The molecule has 14 heavy (non-hydrogen) atoms. The van der Waals surface area contributed by atoms with E-state index < -0.39 is 5.97 Å². The van der Waals surface area contributed by atoms with Crippen molar-refractivity contribution in [3.8, 4) is 0 Å². The molecule has 0 atom stereocenters. The Morgan fingerprint density at radius 1 is 1.71 bits per heavy atom. The second-order valence-electron chi connectivity index (χ2n) is 2.46. The average Bonchev–Trinajstić information content (AvgIpc) is 2.51. The van der Waals surface area contributed by atoms with E-state index in [1.807, 2.05) is 0 Å². The molecule has 1 aromatic heterocycles. The highest BCUT2D eigenvalue weighted by Gasteiger charge is 2.06. The minimum absolute atomic E-state index is 0.0197. The van der Waals surface area contributed by atoms with E-state index in [2.05, 4.69) is 4.74 Å². The zero-order valence-corrected chi connectivity index (χ0v) is 8.44. The van der Waals surface area contributed by atoms with Crippen molar-refractivity contribution in [1.29, 1.82) is 0 Å². The summed E-state index contributed by atoms with van der Waals surface area (Å²) in [6.45, 7) is 1.96. The molecule has 0 fully saturated rings. The lowest BCUT2D eigenvalue weighted by molar-refractivity contribution is -0.138. The lowest BCUT2D eigenvalue weighted by atomic mass is 10.3. The molecule has 0 aromatic carbocycles. The van der Waals surface area contributed by atoms with Gasteiger partial charge in [0, 0.05) is 4.88 Å². The monoisotopic (exact) mass is 215 g/mol. The van der Waals surface area contributed by atoms with Gasteiger partial charge in [-0.25, -0.2) is 4.79 Å². The molecular formula is C9H10FNO2S. The Hall–Kier alpha value is -1.36. The summed E-state index contributed by atoms with van der Waals surface area (Å²) in [6.07, 6.45) is 1.39. The Morgan fingerprint density at radius 2 is 2.43 bits per heavy atom. The van der Waals surface area contributed by atoms with Crippen LogP contribution in [0.3, 0.4) is 0 Å². The van der Waals surface area contributed by atoms with E-state index in [4.69, 9.17) is 5.73 Å². The van der Waals surface area contributed by atoms with Gasteiger partial charge in [-0.2, -0.15) is 4.39 Å². The third kappa shape index (κ3) is 2.85. The molecule has 0 saturated carbocycles. The molecule has 0 spiro atoms. The number of ether oxygens (including phenoxy) is 1. The second kappa shape index (κ2) is 4.76. The van der Waals surface area contributed by atoms with Gasteiger partial charge in [0.15, 0.2) is 5.13 Å². The van der Waals surface area contributed by atoms with Crippen LogP contribution in [-0.4, -0.2) is 12.6 Å². The van der Waals surface area contributed by atoms with Crippen molar-refractivity contribution in [2.75, 3.05) is 6.61 Å². The lowest BCUT2D eigenvalue weighted by Gasteiger charge is -1.99. The van der Waals surface area contributed by atoms with E-state index in [1.54, 1.807) is 13.0 Å². The summed E-state index contributed by atoms with van der Waals surface area (Å²) in [4.78, 5) is 11.6. The molecule has 0 aliphatic carbocycles. The van der Waals surface area contributed by atoms with Crippen LogP contribution in [0.1, 0.15) is 11.8 Å². The summed E-state index contributed by atoms with van der Waals surface area (Å²) in [5, 5.41) is -0.312. The largest absolute Gasteiger partial charge is 0.461 e. The van der Waals surface area contributed by atoms with Gasteiger partial charge in [-0.15, -0.1) is 11.3 Å². The minimum Gasteiger partial charge on any atom is -0.461 e. The fraction of sp³-hybridized carbons (Fsp3) is 0.222. The minimum atomic E-state index is -0.582.